The highest BCUT2D eigenvalue weighted by atomic mass is 35.5. The van der Waals surface area contributed by atoms with Crippen LogP contribution in [0.1, 0.15) is 43.5 Å². The van der Waals surface area contributed by atoms with Crippen LogP contribution in [0.5, 0.6) is 0 Å². The highest BCUT2D eigenvalue weighted by molar-refractivity contribution is 7.99. The Morgan fingerprint density at radius 2 is 2.20 bits per heavy atom. The number of hydrogen-bond donors (Lipinski definition) is 1. The molecular formula is C15H17ClN6O2S. The molecule has 3 heterocycles. The van der Waals surface area contributed by atoms with Crippen LogP contribution >= 0.6 is 23.4 Å². The minimum absolute atomic E-state index is 0.119. The minimum atomic E-state index is -0.506. The smallest absolute Gasteiger partial charge is 0.289 e. The van der Waals surface area contributed by atoms with Crippen molar-refractivity contribution in [2.45, 2.75) is 47.8 Å². The minimum Gasteiger partial charge on any atom is -0.316 e. The van der Waals surface area contributed by atoms with Gasteiger partial charge < -0.3 is 9.88 Å². The van der Waals surface area contributed by atoms with Crippen LogP contribution in [0.3, 0.4) is 0 Å². The second-order valence-electron chi connectivity index (χ2n) is 6.32. The Bertz CT molecular complexity index is 803. The predicted octanol–water partition coefficient (Wildman–Crippen LogP) is 3.19. The first-order valence-corrected chi connectivity index (χ1v) is 9.46. The van der Waals surface area contributed by atoms with Crippen LogP contribution in [0.4, 0.5) is 5.69 Å². The molecule has 0 aromatic carbocycles. The Hall–Kier alpha value is -1.71. The highest BCUT2D eigenvalue weighted by Gasteiger charge is 2.33. The van der Waals surface area contributed by atoms with Crippen molar-refractivity contribution in [2.75, 3.05) is 13.1 Å². The molecule has 2 aromatic heterocycles. The van der Waals surface area contributed by atoms with Crippen molar-refractivity contribution in [3.8, 4) is 0 Å². The Labute approximate surface area is 153 Å². The van der Waals surface area contributed by atoms with Crippen LogP contribution < -0.4 is 5.32 Å². The Balaban J connectivity index is 1.62. The number of nitrogens with one attached hydrogen (secondary N) is 1. The lowest BCUT2D eigenvalue weighted by atomic mass is 9.99. The summed E-state index contributed by atoms with van der Waals surface area (Å²) in [6, 6.07) is 1.76. The van der Waals surface area contributed by atoms with Crippen LogP contribution in [0.25, 0.3) is 0 Å². The summed E-state index contributed by atoms with van der Waals surface area (Å²) >= 11 is 7.49. The van der Waals surface area contributed by atoms with Gasteiger partial charge in [0.2, 0.25) is 0 Å². The number of rotatable bonds is 5. The summed E-state index contributed by atoms with van der Waals surface area (Å²) in [4.78, 5) is 14.4. The lowest BCUT2D eigenvalue weighted by molar-refractivity contribution is -0.385. The molecule has 1 N–H and O–H groups in total. The molecule has 132 valence electrons. The van der Waals surface area contributed by atoms with Crippen molar-refractivity contribution in [3.05, 3.63) is 33.2 Å². The van der Waals surface area contributed by atoms with E-state index < -0.39 is 4.92 Å². The van der Waals surface area contributed by atoms with Crippen molar-refractivity contribution in [1.29, 1.82) is 0 Å². The lowest BCUT2D eigenvalue weighted by Crippen LogP contribution is -2.30. The maximum atomic E-state index is 10.8. The van der Waals surface area contributed by atoms with Gasteiger partial charge >= 0.3 is 0 Å². The number of nitrogens with zero attached hydrogens (tertiary/aromatic N) is 5. The molecule has 8 nitrogen and oxygen atoms in total. The zero-order valence-corrected chi connectivity index (χ0v) is 15.0. The number of piperidine rings is 1. The molecule has 4 rings (SSSR count). The van der Waals surface area contributed by atoms with E-state index in [0.717, 1.165) is 49.8 Å². The summed E-state index contributed by atoms with van der Waals surface area (Å²) < 4.78 is 2.21. The summed E-state index contributed by atoms with van der Waals surface area (Å²) in [5.41, 5.74) is -0.119. The summed E-state index contributed by atoms with van der Waals surface area (Å²) in [7, 11) is 0. The first-order chi connectivity index (χ1) is 12.1. The molecule has 0 amide bonds. The van der Waals surface area contributed by atoms with Gasteiger partial charge in [0.25, 0.3) is 5.69 Å². The van der Waals surface area contributed by atoms with Gasteiger partial charge in [-0.1, -0.05) is 11.6 Å². The van der Waals surface area contributed by atoms with E-state index in [1.165, 1.54) is 24.0 Å². The van der Waals surface area contributed by atoms with Gasteiger partial charge in [0.05, 0.1) is 9.95 Å². The molecule has 1 unspecified atom stereocenters. The normalized spacial score (nSPS) is 20.6. The van der Waals surface area contributed by atoms with E-state index in [0.29, 0.717) is 17.0 Å². The predicted molar refractivity (Wildman–Crippen MR) is 93.2 cm³/mol. The van der Waals surface area contributed by atoms with Gasteiger partial charge in [-0.2, -0.15) is 0 Å². The summed E-state index contributed by atoms with van der Waals surface area (Å²) in [6.45, 7) is 1.98. The molecule has 1 saturated heterocycles. The average Bonchev–Trinajstić information content (AvgIpc) is 3.37. The largest absolute Gasteiger partial charge is 0.316 e. The summed E-state index contributed by atoms with van der Waals surface area (Å²) in [6.07, 6.45) is 5.72. The number of halogens is 1. The molecule has 0 bridgehead atoms. The van der Waals surface area contributed by atoms with Crippen LogP contribution in [0.15, 0.2) is 22.4 Å². The zero-order valence-electron chi connectivity index (χ0n) is 13.4. The van der Waals surface area contributed by atoms with E-state index >= 15 is 0 Å². The maximum Gasteiger partial charge on any atom is 0.289 e. The molecule has 0 spiro atoms. The van der Waals surface area contributed by atoms with Crippen molar-refractivity contribution < 1.29 is 4.92 Å². The van der Waals surface area contributed by atoms with Crippen molar-refractivity contribution in [3.63, 3.8) is 0 Å². The van der Waals surface area contributed by atoms with Crippen LogP contribution in [-0.4, -0.2) is 37.8 Å². The van der Waals surface area contributed by atoms with Crippen molar-refractivity contribution >= 4 is 29.1 Å². The van der Waals surface area contributed by atoms with E-state index in [9.17, 15) is 10.1 Å². The third kappa shape index (κ3) is 3.49. The molecule has 25 heavy (non-hydrogen) atoms. The molecule has 0 radical (unpaired) electrons. The van der Waals surface area contributed by atoms with E-state index in [1.54, 1.807) is 0 Å². The van der Waals surface area contributed by atoms with Crippen LogP contribution in [0, 0.1) is 10.1 Å². The monoisotopic (exact) mass is 380 g/mol. The summed E-state index contributed by atoms with van der Waals surface area (Å²) in [5.74, 6) is 1.40. The molecule has 2 aliphatic rings. The summed E-state index contributed by atoms with van der Waals surface area (Å²) in [5, 5.41) is 24.6. The Morgan fingerprint density at radius 3 is 2.84 bits per heavy atom. The molecule has 1 aliphatic heterocycles. The zero-order chi connectivity index (χ0) is 17.4. The van der Waals surface area contributed by atoms with Gasteiger partial charge in [-0.15, -0.1) is 10.2 Å². The number of hydrogen-bond acceptors (Lipinski definition) is 7. The first kappa shape index (κ1) is 16.7. The second kappa shape index (κ2) is 6.89. The van der Waals surface area contributed by atoms with E-state index in [-0.39, 0.29) is 10.7 Å². The second-order valence-corrected chi connectivity index (χ2v) is 7.69. The fourth-order valence-electron chi connectivity index (χ4n) is 3.06. The van der Waals surface area contributed by atoms with Gasteiger partial charge in [-0.05, 0) is 44.0 Å². The fraction of sp³-hybridized carbons (Fsp3) is 0.533. The van der Waals surface area contributed by atoms with Gasteiger partial charge in [0.1, 0.15) is 17.0 Å². The molecule has 1 saturated carbocycles. The van der Waals surface area contributed by atoms with Crippen molar-refractivity contribution in [2.24, 2.45) is 0 Å². The number of nitro groups is 1. The van der Waals surface area contributed by atoms with Crippen molar-refractivity contribution in [1.82, 2.24) is 25.1 Å². The molecule has 1 atom stereocenters. The maximum absolute atomic E-state index is 10.8. The van der Waals surface area contributed by atoms with Gasteiger partial charge in [-0.3, -0.25) is 10.1 Å². The highest BCUT2D eigenvalue weighted by Crippen LogP contribution is 2.43. The lowest BCUT2D eigenvalue weighted by Gasteiger charge is -2.22. The Kier molecular flexibility index (Phi) is 4.61. The molecule has 10 heteroatoms. The van der Waals surface area contributed by atoms with Gasteiger partial charge in [-0.25, -0.2) is 4.98 Å². The molecule has 2 fully saturated rings. The van der Waals surface area contributed by atoms with E-state index in [2.05, 4.69) is 25.1 Å². The Morgan fingerprint density at radius 1 is 1.36 bits per heavy atom. The number of pyridine rings is 1. The standard InChI is InChI=1S/C15H17ClN6O2S/c16-12-6-11(22(23)24)8-18-14(12)25-15-20-19-13(21(15)10-3-4-10)9-2-1-5-17-7-9/h6,8-10,17H,1-5,7H2. The van der Waals surface area contributed by atoms with Crippen LogP contribution in [0.2, 0.25) is 5.02 Å². The van der Waals surface area contributed by atoms with Crippen LogP contribution in [-0.2, 0) is 0 Å². The molecule has 2 aromatic rings. The van der Waals surface area contributed by atoms with Gasteiger partial charge in [0, 0.05) is 24.6 Å². The number of aromatic nitrogens is 4. The fourth-order valence-corrected chi connectivity index (χ4v) is 4.19. The molecule has 1 aliphatic carbocycles. The average molecular weight is 381 g/mol. The molecular weight excluding hydrogens is 364 g/mol. The van der Waals surface area contributed by atoms with Gasteiger partial charge in [0.15, 0.2) is 5.16 Å². The first-order valence-electron chi connectivity index (χ1n) is 8.27. The quantitative estimate of drug-likeness (QED) is 0.628. The SMILES string of the molecule is O=[N+]([O-])c1cnc(Sc2nnc(C3CCCNC3)n2C2CC2)c(Cl)c1. The topological polar surface area (TPSA) is 98.8 Å². The van der Waals surface area contributed by atoms with E-state index in [4.69, 9.17) is 11.6 Å². The van der Waals surface area contributed by atoms with E-state index in [1.807, 2.05) is 0 Å². The third-order valence-corrected chi connectivity index (χ3v) is 5.84. The third-order valence-electron chi connectivity index (χ3n) is 4.46.